The smallest absolute Gasteiger partial charge is 0.300 e. The van der Waals surface area contributed by atoms with E-state index in [1.54, 1.807) is 19.2 Å². The fraction of sp³-hybridized carbons (Fsp3) is 0.133. The van der Waals surface area contributed by atoms with E-state index in [-0.39, 0.29) is 0 Å². The van der Waals surface area contributed by atoms with Gasteiger partial charge in [0.25, 0.3) is 6.01 Å². The first-order chi connectivity index (χ1) is 9.65. The molecule has 20 heavy (non-hydrogen) atoms. The maximum absolute atomic E-state index is 5.73. The second-order valence-electron chi connectivity index (χ2n) is 4.55. The van der Waals surface area contributed by atoms with Crippen LogP contribution in [0.4, 0.5) is 17.4 Å². The van der Waals surface area contributed by atoms with Gasteiger partial charge in [0.15, 0.2) is 5.58 Å². The van der Waals surface area contributed by atoms with Gasteiger partial charge in [-0.3, -0.25) is 0 Å². The molecule has 2 aromatic carbocycles. The highest BCUT2D eigenvalue weighted by Crippen LogP contribution is 2.27. The van der Waals surface area contributed by atoms with E-state index in [9.17, 15) is 0 Å². The first kappa shape index (κ1) is 12.3. The van der Waals surface area contributed by atoms with E-state index in [0.29, 0.717) is 17.3 Å². The van der Waals surface area contributed by atoms with Crippen LogP contribution < -0.4 is 15.8 Å². The number of anilines is 3. The topological polar surface area (TPSA) is 73.3 Å². The number of aromatic nitrogens is 1. The van der Waals surface area contributed by atoms with Gasteiger partial charge in [-0.25, -0.2) is 0 Å². The molecule has 0 spiro atoms. The molecule has 3 aromatic rings. The number of hydrogen-bond acceptors (Lipinski definition) is 5. The Hall–Kier alpha value is -2.69. The van der Waals surface area contributed by atoms with Crippen LogP contribution in [0.1, 0.15) is 5.56 Å². The van der Waals surface area contributed by atoms with Crippen molar-refractivity contribution in [3.8, 4) is 5.75 Å². The molecule has 0 saturated heterocycles. The third kappa shape index (κ3) is 2.25. The minimum absolute atomic E-state index is 0.443. The summed E-state index contributed by atoms with van der Waals surface area (Å²) >= 11 is 0. The van der Waals surface area contributed by atoms with Crippen molar-refractivity contribution in [2.45, 2.75) is 6.92 Å². The van der Waals surface area contributed by atoms with Crippen LogP contribution in [-0.4, -0.2) is 12.1 Å². The van der Waals surface area contributed by atoms with Gasteiger partial charge >= 0.3 is 0 Å². The van der Waals surface area contributed by atoms with Crippen LogP contribution in [0.15, 0.2) is 40.8 Å². The Balaban J connectivity index is 1.92. The number of fused-ring (bicyclic) bond motifs is 1. The molecule has 0 atom stereocenters. The summed E-state index contributed by atoms with van der Waals surface area (Å²) in [7, 11) is 1.65. The third-order valence-corrected chi connectivity index (χ3v) is 3.09. The standard InChI is InChI=1S/C15H15N3O2/c1-9-7-11(19-2)4-5-12(9)17-15-18-13-8-10(16)3-6-14(13)20-15/h3-8H,16H2,1-2H3,(H,17,18). The lowest BCUT2D eigenvalue weighted by atomic mass is 10.2. The van der Waals surface area contributed by atoms with Gasteiger partial charge in [0.05, 0.1) is 7.11 Å². The molecule has 0 aliphatic carbocycles. The number of nitrogens with zero attached hydrogens (tertiary/aromatic N) is 1. The lowest BCUT2D eigenvalue weighted by Gasteiger charge is -2.07. The minimum atomic E-state index is 0.443. The summed E-state index contributed by atoms with van der Waals surface area (Å²) in [5, 5.41) is 3.16. The molecule has 0 bridgehead atoms. The fourth-order valence-corrected chi connectivity index (χ4v) is 2.02. The van der Waals surface area contributed by atoms with Crippen LogP contribution in [0.5, 0.6) is 5.75 Å². The number of rotatable bonds is 3. The zero-order chi connectivity index (χ0) is 14.1. The van der Waals surface area contributed by atoms with Crippen LogP contribution in [0.2, 0.25) is 0 Å². The fourth-order valence-electron chi connectivity index (χ4n) is 2.02. The molecular formula is C15H15N3O2. The first-order valence-electron chi connectivity index (χ1n) is 6.23. The van der Waals surface area contributed by atoms with Gasteiger partial charge in [-0.2, -0.15) is 4.98 Å². The first-order valence-corrected chi connectivity index (χ1v) is 6.23. The highest BCUT2D eigenvalue weighted by Gasteiger charge is 2.08. The minimum Gasteiger partial charge on any atom is -0.497 e. The SMILES string of the molecule is COc1ccc(Nc2nc3cc(N)ccc3o2)c(C)c1. The highest BCUT2D eigenvalue weighted by molar-refractivity contribution is 5.79. The number of ether oxygens (including phenoxy) is 1. The van der Waals surface area contributed by atoms with Crippen molar-refractivity contribution in [2.24, 2.45) is 0 Å². The largest absolute Gasteiger partial charge is 0.497 e. The number of nitrogens with two attached hydrogens (primary N) is 1. The molecule has 3 rings (SSSR count). The van der Waals surface area contributed by atoms with Gasteiger partial charge in [-0.05, 0) is 48.9 Å². The number of oxazole rings is 1. The lowest BCUT2D eigenvalue weighted by Crippen LogP contribution is -1.94. The van der Waals surface area contributed by atoms with Gasteiger partial charge in [0, 0.05) is 11.4 Å². The Kier molecular flexibility index (Phi) is 2.95. The number of hydrogen-bond donors (Lipinski definition) is 2. The molecule has 102 valence electrons. The normalized spacial score (nSPS) is 10.7. The molecule has 0 amide bonds. The lowest BCUT2D eigenvalue weighted by molar-refractivity contribution is 0.414. The van der Waals surface area contributed by atoms with Crippen molar-refractivity contribution < 1.29 is 9.15 Å². The molecule has 0 saturated carbocycles. The van der Waals surface area contributed by atoms with Crippen LogP contribution in [-0.2, 0) is 0 Å². The Morgan fingerprint density at radius 3 is 2.80 bits per heavy atom. The van der Waals surface area contributed by atoms with Crippen LogP contribution in [0.3, 0.4) is 0 Å². The van der Waals surface area contributed by atoms with Gasteiger partial charge in [0.1, 0.15) is 11.3 Å². The van der Waals surface area contributed by atoms with Crippen molar-refractivity contribution in [3.05, 3.63) is 42.0 Å². The molecule has 5 nitrogen and oxygen atoms in total. The molecule has 5 heteroatoms. The zero-order valence-corrected chi connectivity index (χ0v) is 11.3. The van der Waals surface area contributed by atoms with E-state index in [2.05, 4.69) is 10.3 Å². The van der Waals surface area contributed by atoms with E-state index in [1.165, 1.54) is 0 Å². The Morgan fingerprint density at radius 1 is 1.20 bits per heavy atom. The van der Waals surface area contributed by atoms with E-state index < -0.39 is 0 Å². The summed E-state index contributed by atoms with van der Waals surface area (Å²) < 4.78 is 10.8. The Labute approximate surface area is 116 Å². The predicted octanol–water partition coefficient (Wildman–Crippen LogP) is 3.47. The number of methoxy groups -OCH3 is 1. The van der Waals surface area contributed by atoms with Crippen molar-refractivity contribution in [3.63, 3.8) is 0 Å². The van der Waals surface area contributed by atoms with Crippen LogP contribution >= 0.6 is 0 Å². The van der Waals surface area contributed by atoms with Crippen molar-refractivity contribution in [1.29, 1.82) is 0 Å². The molecule has 0 fully saturated rings. The summed E-state index contributed by atoms with van der Waals surface area (Å²) in [5.74, 6) is 0.818. The second-order valence-corrected chi connectivity index (χ2v) is 4.55. The molecule has 1 heterocycles. The van der Waals surface area contributed by atoms with Crippen LogP contribution in [0, 0.1) is 6.92 Å². The van der Waals surface area contributed by atoms with Crippen molar-refractivity contribution in [1.82, 2.24) is 4.98 Å². The van der Waals surface area contributed by atoms with E-state index in [1.807, 2.05) is 31.2 Å². The predicted molar refractivity (Wildman–Crippen MR) is 79.4 cm³/mol. The number of nitrogens with one attached hydrogen (secondary N) is 1. The monoisotopic (exact) mass is 269 g/mol. The molecule has 0 aliphatic heterocycles. The summed E-state index contributed by atoms with van der Waals surface area (Å²) in [4.78, 5) is 4.36. The maximum atomic E-state index is 5.73. The maximum Gasteiger partial charge on any atom is 0.300 e. The Morgan fingerprint density at radius 2 is 2.05 bits per heavy atom. The zero-order valence-electron chi connectivity index (χ0n) is 11.3. The molecular weight excluding hydrogens is 254 g/mol. The summed E-state index contributed by atoms with van der Waals surface area (Å²) in [5.41, 5.74) is 9.80. The van der Waals surface area contributed by atoms with Gasteiger partial charge in [-0.1, -0.05) is 0 Å². The Bertz CT molecular complexity index is 765. The average Bonchev–Trinajstić information content (AvgIpc) is 2.82. The summed E-state index contributed by atoms with van der Waals surface area (Å²) in [6.07, 6.45) is 0. The number of aryl methyl sites for hydroxylation is 1. The summed E-state index contributed by atoms with van der Waals surface area (Å²) in [6, 6.07) is 11.6. The van der Waals surface area contributed by atoms with Crippen LogP contribution in [0.25, 0.3) is 11.1 Å². The third-order valence-electron chi connectivity index (χ3n) is 3.09. The molecule has 0 unspecified atom stereocenters. The van der Waals surface area contributed by atoms with E-state index in [4.69, 9.17) is 14.9 Å². The van der Waals surface area contributed by atoms with Crippen molar-refractivity contribution in [2.75, 3.05) is 18.2 Å². The molecule has 3 N–H and O–H groups in total. The number of nitrogen functional groups attached to an aromatic ring is 1. The number of benzene rings is 2. The second kappa shape index (κ2) is 4.77. The quantitative estimate of drug-likeness (QED) is 0.712. The van der Waals surface area contributed by atoms with E-state index >= 15 is 0 Å². The van der Waals surface area contributed by atoms with Crippen molar-refractivity contribution >= 4 is 28.5 Å². The summed E-state index contributed by atoms with van der Waals surface area (Å²) in [6.45, 7) is 1.99. The van der Waals surface area contributed by atoms with Gasteiger partial charge < -0.3 is 20.2 Å². The molecule has 0 radical (unpaired) electrons. The average molecular weight is 269 g/mol. The van der Waals surface area contributed by atoms with Gasteiger partial charge in [0.2, 0.25) is 0 Å². The molecule has 0 aliphatic rings. The van der Waals surface area contributed by atoms with Gasteiger partial charge in [-0.15, -0.1) is 0 Å². The highest BCUT2D eigenvalue weighted by atomic mass is 16.5. The van der Waals surface area contributed by atoms with E-state index in [0.717, 1.165) is 22.5 Å². The molecule has 1 aromatic heterocycles.